The van der Waals surface area contributed by atoms with Crippen molar-refractivity contribution in [1.82, 2.24) is 15.0 Å². The molecule has 10 aromatic carbocycles. The molecule has 0 atom stereocenters. The summed E-state index contributed by atoms with van der Waals surface area (Å²) >= 11 is 0. The first-order valence-corrected chi connectivity index (χ1v) is 20.6. The van der Waals surface area contributed by atoms with E-state index in [0.717, 1.165) is 82.4 Å². The molecule has 0 amide bonds. The number of benzene rings is 10. The van der Waals surface area contributed by atoms with Crippen molar-refractivity contribution in [2.24, 2.45) is 0 Å². The van der Waals surface area contributed by atoms with E-state index in [9.17, 15) is 0 Å². The molecule has 4 nitrogen and oxygen atoms in total. The van der Waals surface area contributed by atoms with Crippen LogP contribution in [0.5, 0.6) is 0 Å². The van der Waals surface area contributed by atoms with Crippen LogP contribution in [0, 0.1) is 0 Å². The normalized spacial score (nSPS) is 11.6. The zero-order chi connectivity index (χ0) is 40.3. The molecule has 61 heavy (non-hydrogen) atoms. The summed E-state index contributed by atoms with van der Waals surface area (Å²) in [6.45, 7) is 0. The SMILES string of the molecule is c1ccc(-c2cccc(-c3ccc4cccc(-c5nc(-c6ccc(-c7ccc8ccccc8c7)c7ccccc67)nc(-c6cccc7c6oc6ccccc67)n5)c4c3)c2)cc1. The van der Waals surface area contributed by atoms with Crippen molar-refractivity contribution < 1.29 is 4.42 Å². The molecular weight excluding hydrogens is 743 g/mol. The van der Waals surface area contributed by atoms with Crippen molar-refractivity contribution in [3.8, 4) is 67.5 Å². The summed E-state index contributed by atoms with van der Waals surface area (Å²) in [5, 5.41) is 8.87. The van der Waals surface area contributed by atoms with Crippen LogP contribution in [0.4, 0.5) is 0 Å². The highest BCUT2D eigenvalue weighted by atomic mass is 16.3. The van der Waals surface area contributed by atoms with Gasteiger partial charge in [-0.3, -0.25) is 0 Å². The van der Waals surface area contributed by atoms with Crippen LogP contribution in [0.25, 0.3) is 122 Å². The number of rotatable bonds is 6. The fraction of sp³-hybridized carbons (Fsp3) is 0. The Morgan fingerprint density at radius 1 is 0.262 bits per heavy atom. The second-order valence-corrected chi connectivity index (χ2v) is 15.5. The number of para-hydroxylation sites is 2. The molecule has 4 heteroatoms. The molecule has 12 rings (SSSR count). The molecule has 0 saturated carbocycles. The van der Waals surface area contributed by atoms with Crippen molar-refractivity contribution >= 4 is 54.3 Å². The third-order valence-electron chi connectivity index (χ3n) is 11.9. The van der Waals surface area contributed by atoms with Crippen molar-refractivity contribution in [2.75, 3.05) is 0 Å². The molecule has 0 bridgehead atoms. The Labute approximate surface area is 352 Å². The quantitative estimate of drug-likeness (QED) is 0.169. The lowest BCUT2D eigenvalue weighted by Crippen LogP contribution is -2.01. The molecule has 0 unspecified atom stereocenters. The Balaban J connectivity index is 1.07. The van der Waals surface area contributed by atoms with Crippen LogP contribution >= 0.6 is 0 Å². The Hall–Kier alpha value is -8.21. The van der Waals surface area contributed by atoms with Gasteiger partial charge < -0.3 is 4.42 Å². The minimum absolute atomic E-state index is 0.552. The van der Waals surface area contributed by atoms with Crippen LogP contribution in [0.2, 0.25) is 0 Å². The number of aromatic nitrogens is 3. The summed E-state index contributed by atoms with van der Waals surface area (Å²) in [5.41, 5.74) is 11.2. The van der Waals surface area contributed by atoms with E-state index in [1.165, 1.54) is 21.9 Å². The highest BCUT2D eigenvalue weighted by molar-refractivity contribution is 6.10. The molecule has 0 fully saturated rings. The van der Waals surface area contributed by atoms with E-state index in [1.807, 2.05) is 18.2 Å². The predicted octanol–water partition coefficient (Wildman–Crippen LogP) is 15.2. The molecule has 0 aliphatic heterocycles. The molecule has 0 aliphatic carbocycles. The second kappa shape index (κ2) is 14.3. The molecule has 284 valence electrons. The van der Waals surface area contributed by atoms with Gasteiger partial charge in [0.25, 0.3) is 0 Å². The van der Waals surface area contributed by atoms with E-state index in [2.05, 4.69) is 194 Å². The molecule has 0 spiro atoms. The molecular formula is C57H35N3O. The molecule has 2 heterocycles. The van der Waals surface area contributed by atoms with Crippen LogP contribution in [0.3, 0.4) is 0 Å². The van der Waals surface area contributed by atoms with E-state index < -0.39 is 0 Å². The van der Waals surface area contributed by atoms with Gasteiger partial charge in [0.05, 0.1) is 5.56 Å². The van der Waals surface area contributed by atoms with Crippen LogP contribution in [-0.2, 0) is 0 Å². The third-order valence-corrected chi connectivity index (χ3v) is 11.9. The first kappa shape index (κ1) is 34.8. The summed E-state index contributed by atoms with van der Waals surface area (Å²) in [6.07, 6.45) is 0. The van der Waals surface area contributed by atoms with Crippen LogP contribution < -0.4 is 0 Å². The monoisotopic (exact) mass is 777 g/mol. The fourth-order valence-corrected chi connectivity index (χ4v) is 8.92. The van der Waals surface area contributed by atoms with Gasteiger partial charge in [0.15, 0.2) is 17.5 Å². The molecule has 0 aliphatic rings. The van der Waals surface area contributed by atoms with E-state index >= 15 is 0 Å². The summed E-state index contributed by atoms with van der Waals surface area (Å²) in [5.74, 6) is 1.74. The number of hydrogen-bond acceptors (Lipinski definition) is 4. The molecule has 0 radical (unpaired) electrons. The molecule has 2 aromatic heterocycles. The largest absolute Gasteiger partial charge is 0.455 e. The predicted molar refractivity (Wildman–Crippen MR) is 252 cm³/mol. The van der Waals surface area contributed by atoms with Crippen LogP contribution in [0.1, 0.15) is 0 Å². The van der Waals surface area contributed by atoms with Crippen molar-refractivity contribution in [2.45, 2.75) is 0 Å². The molecule has 0 N–H and O–H groups in total. The van der Waals surface area contributed by atoms with Gasteiger partial charge in [-0.2, -0.15) is 0 Å². The molecule has 0 saturated heterocycles. The lowest BCUT2D eigenvalue weighted by molar-refractivity contribution is 0.669. The standard InChI is InChI=1S/C57H35N3O/c1-2-13-36(14-3-1)40-18-10-19-41(33-40)42-29-28-38-17-11-24-49(52(38)35-42)55-58-56(60-57(59-55)51-25-12-23-48-47-22-8-9-26-53(47)61-54(48)51)50-32-31-44(45-20-6-7-21-46(45)50)43-30-27-37-15-4-5-16-39(37)34-43/h1-35H. The van der Waals surface area contributed by atoms with Crippen molar-refractivity contribution in [3.63, 3.8) is 0 Å². The third kappa shape index (κ3) is 6.04. The highest BCUT2D eigenvalue weighted by Gasteiger charge is 2.20. The summed E-state index contributed by atoms with van der Waals surface area (Å²) in [7, 11) is 0. The van der Waals surface area contributed by atoms with E-state index in [-0.39, 0.29) is 0 Å². The Bertz CT molecular complexity index is 3660. The second-order valence-electron chi connectivity index (χ2n) is 15.5. The number of nitrogens with zero attached hydrogens (tertiary/aromatic N) is 3. The highest BCUT2D eigenvalue weighted by Crippen LogP contribution is 2.40. The lowest BCUT2D eigenvalue weighted by Gasteiger charge is -2.14. The fourth-order valence-electron chi connectivity index (χ4n) is 8.92. The smallest absolute Gasteiger partial charge is 0.167 e. The van der Waals surface area contributed by atoms with Gasteiger partial charge in [-0.25, -0.2) is 15.0 Å². The Kier molecular flexibility index (Phi) is 8.13. The maximum Gasteiger partial charge on any atom is 0.167 e. The zero-order valence-electron chi connectivity index (χ0n) is 33.0. The summed E-state index contributed by atoms with van der Waals surface area (Å²) in [4.78, 5) is 16.0. The Morgan fingerprint density at radius 3 is 1.62 bits per heavy atom. The van der Waals surface area contributed by atoms with Gasteiger partial charge in [0.2, 0.25) is 0 Å². The van der Waals surface area contributed by atoms with Gasteiger partial charge in [-0.1, -0.05) is 176 Å². The van der Waals surface area contributed by atoms with Gasteiger partial charge in [0, 0.05) is 21.9 Å². The summed E-state index contributed by atoms with van der Waals surface area (Å²) < 4.78 is 6.57. The van der Waals surface area contributed by atoms with E-state index in [0.29, 0.717) is 17.5 Å². The average Bonchev–Trinajstić information content (AvgIpc) is 3.72. The summed E-state index contributed by atoms with van der Waals surface area (Å²) in [6, 6.07) is 74.8. The van der Waals surface area contributed by atoms with Gasteiger partial charge in [-0.05, 0) is 102 Å². The van der Waals surface area contributed by atoms with Gasteiger partial charge >= 0.3 is 0 Å². The maximum absolute atomic E-state index is 6.57. The minimum atomic E-state index is 0.552. The van der Waals surface area contributed by atoms with Crippen molar-refractivity contribution in [3.05, 3.63) is 212 Å². The zero-order valence-corrected chi connectivity index (χ0v) is 33.0. The first-order valence-electron chi connectivity index (χ1n) is 20.6. The number of furan rings is 1. The van der Waals surface area contributed by atoms with Gasteiger partial charge in [0.1, 0.15) is 11.2 Å². The average molecular weight is 778 g/mol. The Morgan fingerprint density at radius 2 is 0.787 bits per heavy atom. The van der Waals surface area contributed by atoms with E-state index in [1.54, 1.807) is 0 Å². The van der Waals surface area contributed by atoms with Gasteiger partial charge in [-0.15, -0.1) is 0 Å². The van der Waals surface area contributed by atoms with E-state index in [4.69, 9.17) is 19.4 Å². The topological polar surface area (TPSA) is 51.8 Å². The molecule has 12 aromatic rings. The lowest BCUT2D eigenvalue weighted by atomic mass is 9.93. The minimum Gasteiger partial charge on any atom is -0.455 e. The van der Waals surface area contributed by atoms with Crippen LogP contribution in [-0.4, -0.2) is 15.0 Å². The van der Waals surface area contributed by atoms with Crippen molar-refractivity contribution in [1.29, 1.82) is 0 Å². The number of fused-ring (bicyclic) bond motifs is 6. The van der Waals surface area contributed by atoms with Crippen LogP contribution in [0.15, 0.2) is 217 Å². The number of hydrogen-bond donors (Lipinski definition) is 0. The first-order chi connectivity index (χ1) is 30.2. The maximum atomic E-state index is 6.57.